The fourth-order valence-corrected chi connectivity index (χ4v) is 5.61. The molecule has 2 aliphatic carbocycles. The molecule has 0 aliphatic heterocycles. The molecule has 200 valence electrons. The molecule has 2 aliphatic rings. The maximum atomic E-state index is 14.9. The van der Waals surface area contributed by atoms with Gasteiger partial charge in [0, 0.05) is 6.61 Å². The Hall–Kier alpha value is -2.80. The van der Waals surface area contributed by atoms with Crippen molar-refractivity contribution < 1.29 is 32.2 Å². The fraction of sp³-hybridized carbons (Fsp3) is 0.500. The largest absolute Gasteiger partial charge is 0.486 e. The molecule has 0 spiro atoms. The first kappa shape index (κ1) is 27.2. The van der Waals surface area contributed by atoms with Crippen molar-refractivity contribution in [3.63, 3.8) is 0 Å². The van der Waals surface area contributed by atoms with Crippen molar-refractivity contribution in [1.29, 1.82) is 0 Å². The van der Waals surface area contributed by atoms with Crippen LogP contribution in [-0.4, -0.2) is 25.3 Å². The van der Waals surface area contributed by atoms with Gasteiger partial charge in [-0.3, -0.25) is 4.79 Å². The number of esters is 1. The topological polar surface area (TPSA) is 44.8 Å². The molecule has 2 aromatic carbocycles. The van der Waals surface area contributed by atoms with Gasteiger partial charge >= 0.3 is 5.97 Å². The van der Waals surface area contributed by atoms with Crippen LogP contribution in [0.2, 0.25) is 0 Å². The van der Waals surface area contributed by atoms with Gasteiger partial charge in [0.2, 0.25) is 5.82 Å². The second-order valence-corrected chi connectivity index (χ2v) is 9.97. The molecule has 37 heavy (non-hydrogen) atoms. The van der Waals surface area contributed by atoms with Crippen molar-refractivity contribution in [2.45, 2.75) is 76.2 Å². The van der Waals surface area contributed by atoms with E-state index in [1.807, 2.05) is 13.0 Å². The number of hydrogen-bond acceptors (Lipinski definition) is 4. The maximum Gasteiger partial charge on any atom is 0.314 e. The monoisotopic (exact) mass is 516 g/mol. The first-order chi connectivity index (χ1) is 17.9. The minimum absolute atomic E-state index is 0.0707. The first-order valence-electron chi connectivity index (χ1n) is 13.3. The van der Waals surface area contributed by atoms with E-state index in [0.717, 1.165) is 31.2 Å². The zero-order valence-corrected chi connectivity index (χ0v) is 21.3. The normalized spacial score (nSPS) is 23.9. The molecule has 0 radical (unpaired) electrons. The fourth-order valence-electron chi connectivity index (χ4n) is 5.61. The highest BCUT2D eigenvalue weighted by Crippen LogP contribution is 2.39. The van der Waals surface area contributed by atoms with Crippen molar-refractivity contribution in [3.8, 4) is 11.5 Å². The summed E-state index contributed by atoms with van der Waals surface area (Å²) < 4.78 is 60.3. The molecule has 0 heterocycles. The quantitative estimate of drug-likeness (QED) is 0.195. The Balaban J connectivity index is 1.32. The van der Waals surface area contributed by atoms with E-state index in [0.29, 0.717) is 37.9 Å². The highest BCUT2D eigenvalue weighted by Gasteiger charge is 2.31. The van der Waals surface area contributed by atoms with Crippen molar-refractivity contribution in [1.82, 2.24) is 0 Å². The van der Waals surface area contributed by atoms with E-state index in [9.17, 15) is 18.0 Å². The van der Waals surface area contributed by atoms with Gasteiger partial charge in [0.25, 0.3) is 0 Å². The highest BCUT2D eigenvalue weighted by atomic mass is 19.2. The van der Waals surface area contributed by atoms with Gasteiger partial charge < -0.3 is 14.2 Å². The molecule has 0 aromatic heterocycles. The summed E-state index contributed by atoms with van der Waals surface area (Å²) in [7, 11) is 0. The number of halogens is 3. The Bertz CT molecular complexity index is 1090. The van der Waals surface area contributed by atoms with Gasteiger partial charge in [-0.25, -0.2) is 8.78 Å². The standard InChI is InChI=1S/C30H35F3O4/c1-3-17-36-26-15-11-22(18-25(26)31)19-5-7-21(8-6-19)30(34)37-27-16-14-24(28(32)29(27)33)20-9-12-23(13-10-20)35-4-2/h3,11,14-16,18-21,23H,1,4-10,12-13,17H2,2H3. The maximum absolute atomic E-state index is 14.9. The molecule has 7 heteroatoms. The van der Waals surface area contributed by atoms with Gasteiger partial charge in [-0.05, 0) is 99.5 Å². The van der Waals surface area contributed by atoms with E-state index in [1.54, 1.807) is 18.2 Å². The van der Waals surface area contributed by atoms with Crippen molar-refractivity contribution in [2.75, 3.05) is 13.2 Å². The zero-order valence-electron chi connectivity index (χ0n) is 21.3. The van der Waals surface area contributed by atoms with Crippen LogP contribution < -0.4 is 9.47 Å². The lowest BCUT2D eigenvalue weighted by Crippen LogP contribution is -2.26. The molecule has 0 N–H and O–H groups in total. The van der Waals surface area contributed by atoms with Crippen molar-refractivity contribution in [2.24, 2.45) is 5.92 Å². The third kappa shape index (κ3) is 6.56. The average Bonchev–Trinajstić information content (AvgIpc) is 2.91. The minimum Gasteiger partial charge on any atom is -0.486 e. The molecule has 4 nitrogen and oxygen atoms in total. The van der Waals surface area contributed by atoms with Gasteiger partial charge in [-0.2, -0.15) is 4.39 Å². The first-order valence-corrected chi connectivity index (χ1v) is 13.3. The van der Waals surface area contributed by atoms with Crippen molar-refractivity contribution in [3.05, 3.63) is 71.6 Å². The smallest absolute Gasteiger partial charge is 0.314 e. The summed E-state index contributed by atoms with van der Waals surface area (Å²) in [6.45, 7) is 6.39. The number of carbonyl (C=O) groups excluding carboxylic acids is 1. The predicted octanol–water partition coefficient (Wildman–Crippen LogP) is 7.61. The Morgan fingerprint density at radius 2 is 1.59 bits per heavy atom. The molecule has 0 bridgehead atoms. The van der Waals surface area contributed by atoms with Crippen LogP contribution in [0.5, 0.6) is 11.5 Å². The van der Waals surface area contributed by atoms with E-state index in [2.05, 4.69) is 6.58 Å². The van der Waals surface area contributed by atoms with Gasteiger partial charge in [0.1, 0.15) is 6.61 Å². The number of ether oxygens (including phenoxy) is 3. The highest BCUT2D eigenvalue weighted by molar-refractivity contribution is 5.75. The van der Waals surface area contributed by atoms with Crippen LogP contribution in [0.15, 0.2) is 43.0 Å². The summed E-state index contributed by atoms with van der Waals surface area (Å²) in [5.41, 5.74) is 1.19. The summed E-state index contributed by atoms with van der Waals surface area (Å²) in [4.78, 5) is 12.7. The van der Waals surface area contributed by atoms with Gasteiger partial charge in [0.05, 0.1) is 12.0 Å². The zero-order chi connectivity index (χ0) is 26.4. The molecule has 0 amide bonds. The Labute approximate surface area is 216 Å². The van der Waals surface area contributed by atoms with E-state index < -0.39 is 29.3 Å². The summed E-state index contributed by atoms with van der Waals surface area (Å²) in [6.07, 6.45) is 7.25. The van der Waals surface area contributed by atoms with Crippen molar-refractivity contribution >= 4 is 5.97 Å². The van der Waals surface area contributed by atoms with E-state index in [1.165, 1.54) is 12.1 Å². The van der Waals surface area contributed by atoms with Gasteiger partial charge in [-0.15, -0.1) is 0 Å². The lowest BCUT2D eigenvalue weighted by Gasteiger charge is -2.29. The number of benzene rings is 2. The van der Waals surface area contributed by atoms with Gasteiger partial charge in [0.15, 0.2) is 23.1 Å². The van der Waals surface area contributed by atoms with E-state index >= 15 is 0 Å². The summed E-state index contributed by atoms with van der Waals surface area (Å²) in [6, 6.07) is 7.84. The van der Waals surface area contributed by atoms with E-state index in [-0.39, 0.29) is 36.0 Å². The SMILES string of the molecule is C=CCOc1ccc(C2CCC(C(=O)Oc3ccc(C4CCC(OCC)CC4)c(F)c3F)CC2)cc1F. The second-order valence-electron chi connectivity index (χ2n) is 9.97. The van der Waals surface area contributed by atoms with Crippen LogP contribution in [0.4, 0.5) is 13.2 Å². The molecule has 2 aromatic rings. The molecule has 2 saturated carbocycles. The number of hydrogen-bond donors (Lipinski definition) is 0. The molecular weight excluding hydrogens is 481 g/mol. The lowest BCUT2D eigenvalue weighted by atomic mass is 9.78. The third-order valence-corrected chi connectivity index (χ3v) is 7.65. The number of rotatable bonds is 9. The molecule has 4 rings (SSSR count). The molecule has 0 atom stereocenters. The molecule has 2 fully saturated rings. The summed E-state index contributed by atoms with van der Waals surface area (Å²) in [5.74, 6) is -3.58. The molecule has 0 saturated heterocycles. The summed E-state index contributed by atoms with van der Waals surface area (Å²) in [5, 5.41) is 0. The second kappa shape index (κ2) is 12.6. The van der Waals surface area contributed by atoms with Crippen LogP contribution >= 0.6 is 0 Å². The third-order valence-electron chi connectivity index (χ3n) is 7.65. The summed E-state index contributed by atoms with van der Waals surface area (Å²) >= 11 is 0. The Morgan fingerprint density at radius 1 is 0.919 bits per heavy atom. The van der Waals surface area contributed by atoms with Gasteiger partial charge in [-0.1, -0.05) is 24.8 Å². The predicted molar refractivity (Wildman–Crippen MR) is 135 cm³/mol. The molecular formula is C30H35F3O4. The van der Waals surface area contributed by atoms with Crippen LogP contribution in [0, 0.1) is 23.4 Å². The van der Waals surface area contributed by atoms with Crippen LogP contribution in [0.1, 0.15) is 81.3 Å². The number of carbonyl (C=O) groups is 1. The molecule has 0 unspecified atom stereocenters. The average molecular weight is 517 g/mol. The lowest BCUT2D eigenvalue weighted by molar-refractivity contribution is -0.140. The Morgan fingerprint density at radius 3 is 2.24 bits per heavy atom. The Kier molecular flexibility index (Phi) is 9.30. The van der Waals surface area contributed by atoms with Crippen LogP contribution in [0.3, 0.4) is 0 Å². The minimum atomic E-state index is -1.11. The van der Waals surface area contributed by atoms with E-state index in [4.69, 9.17) is 14.2 Å². The van der Waals surface area contributed by atoms with Crippen LogP contribution in [0.25, 0.3) is 0 Å². The van der Waals surface area contributed by atoms with Crippen LogP contribution in [-0.2, 0) is 9.53 Å².